The van der Waals surface area contributed by atoms with Gasteiger partial charge in [-0.1, -0.05) is 56.9 Å². The fourth-order valence-electron chi connectivity index (χ4n) is 4.90. The van der Waals surface area contributed by atoms with Crippen LogP contribution in [0.5, 0.6) is 0 Å². The monoisotopic (exact) mass is 509 g/mol. The summed E-state index contributed by atoms with van der Waals surface area (Å²) in [5, 5.41) is 3.17. The Balaban J connectivity index is 0.00000341. The second-order valence-electron chi connectivity index (χ2n) is 9.25. The topological polar surface area (TPSA) is 21.4 Å². The maximum atomic E-state index is 12.7. The number of carbonyl (C=O) groups is 1. The van der Waals surface area contributed by atoms with Crippen LogP contribution in [0.15, 0.2) is 36.4 Å². The van der Waals surface area contributed by atoms with Gasteiger partial charge in [-0.15, -0.1) is 10.3 Å². The molecule has 0 aliphatic heterocycles. The first kappa shape index (κ1) is 26.4. The van der Waals surface area contributed by atoms with Gasteiger partial charge in [-0.3, -0.25) is 4.79 Å². The van der Waals surface area contributed by atoms with Gasteiger partial charge >= 0.3 is 0 Å². The average molecular weight is 510 g/mol. The SMILES string of the molecule is [C-]#[N+]C1CCC(CCCc2cc[c-]s2)C1c1ccc(C(C)(C)C(=O)CCCC)cc1.[Y]. The van der Waals surface area contributed by atoms with Crippen molar-refractivity contribution in [3.8, 4) is 0 Å². The van der Waals surface area contributed by atoms with E-state index in [1.54, 1.807) is 11.3 Å². The molecule has 1 aliphatic carbocycles. The van der Waals surface area contributed by atoms with Crippen LogP contribution in [0.3, 0.4) is 0 Å². The third kappa shape index (κ3) is 6.60. The molecule has 0 saturated heterocycles. The molecule has 0 amide bonds. The predicted octanol–water partition coefficient (Wildman–Crippen LogP) is 7.39. The Morgan fingerprint density at radius 1 is 1.19 bits per heavy atom. The summed E-state index contributed by atoms with van der Waals surface area (Å²) >= 11 is 1.72. The molecule has 31 heavy (non-hydrogen) atoms. The van der Waals surface area contributed by atoms with Gasteiger partial charge in [0, 0.05) is 51.0 Å². The van der Waals surface area contributed by atoms with E-state index in [2.05, 4.69) is 47.5 Å². The van der Waals surface area contributed by atoms with Crippen LogP contribution in [0.2, 0.25) is 0 Å². The Morgan fingerprint density at radius 3 is 2.55 bits per heavy atom. The van der Waals surface area contributed by atoms with Crippen LogP contribution in [0.25, 0.3) is 4.85 Å². The molecule has 1 aromatic carbocycles. The number of carbonyl (C=O) groups excluding carboxylic acids is 1. The van der Waals surface area contributed by atoms with Gasteiger partial charge in [-0.05, 0) is 43.7 Å². The second-order valence-corrected chi connectivity index (χ2v) is 10.2. The van der Waals surface area contributed by atoms with Gasteiger partial charge in [0.1, 0.15) is 5.78 Å². The summed E-state index contributed by atoms with van der Waals surface area (Å²) in [6, 6.07) is 12.9. The maximum absolute atomic E-state index is 12.7. The minimum Gasteiger partial charge on any atom is -0.313 e. The molecule has 3 rings (SSSR count). The van der Waals surface area contributed by atoms with Crippen LogP contribution < -0.4 is 0 Å². The first-order chi connectivity index (χ1) is 14.5. The number of hydrogen-bond acceptors (Lipinski definition) is 2. The number of thiophene rings is 1. The summed E-state index contributed by atoms with van der Waals surface area (Å²) in [7, 11) is 0. The van der Waals surface area contributed by atoms with E-state index in [9.17, 15) is 4.79 Å². The van der Waals surface area contributed by atoms with Crippen LogP contribution in [0.4, 0.5) is 0 Å². The van der Waals surface area contributed by atoms with Crippen LogP contribution in [-0.2, 0) is 49.3 Å². The van der Waals surface area contributed by atoms with Crippen LogP contribution in [0.1, 0.15) is 87.6 Å². The normalized spacial score (nSPS) is 20.8. The zero-order chi connectivity index (χ0) is 21.6. The number of benzene rings is 1. The van der Waals surface area contributed by atoms with E-state index in [4.69, 9.17) is 6.57 Å². The molecule has 163 valence electrons. The molecular formula is C27H34NOSY-. The van der Waals surface area contributed by atoms with Gasteiger partial charge < -0.3 is 16.2 Å². The van der Waals surface area contributed by atoms with Crippen LogP contribution >= 0.6 is 11.3 Å². The van der Waals surface area contributed by atoms with Gasteiger partial charge in [-0.2, -0.15) is 6.07 Å². The molecule has 3 unspecified atom stereocenters. The molecule has 2 nitrogen and oxygen atoms in total. The van der Waals surface area contributed by atoms with Crippen LogP contribution in [0, 0.1) is 17.9 Å². The quantitative estimate of drug-likeness (QED) is 0.306. The molecule has 4 heteroatoms. The van der Waals surface area contributed by atoms with Gasteiger partial charge in [0.25, 0.3) is 0 Å². The molecule has 2 aromatic rings. The molecule has 1 radical (unpaired) electrons. The summed E-state index contributed by atoms with van der Waals surface area (Å²) in [5.74, 6) is 1.23. The van der Waals surface area contributed by atoms with E-state index < -0.39 is 5.41 Å². The summed E-state index contributed by atoms with van der Waals surface area (Å²) in [6.07, 6.45) is 8.29. The Hall–Kier alpha value is -0.816. The molecule has 0 spiro atoms. The number of hydrogen-bond donors (Lipinski definition) is 0. The van der Waals surface area contributed by atoms with Crippen molar-refractivity contribution in [3.63, 3.8) is 0 Å². The van der Waals surface area contributed by atoms with Crippen molar-refractivity contribution >= 4 is 17.1 Å². The summed E-state index contributed by atoms with van der Waals surface area (Å²) in [6.45, 7) is 13.9. The zero-order valence-corrected chi connectivity index (χ0v) is 22.8. The van der Waals surface area contributed by atoms with Gasteiger partial charge in [-0.25, -0.2) is 12.6 Å². The molecule has 3 atom stereocenters. The van der Waals surface area contributed by atoms with Gasteiger partial charge in [0.15, 0.2) is 0 Å². The Labute approximate surface area is 217 Å². The second kappa shape index (κ2) is 12.4. The number of unbranched alkanes of at least 4 members (excludes halogenated alkanes) is 1. The predicted molar refractivity (Wildman–Crippen MR) is 126 cm³/mol. The summed E-state index contributed by atoms with van der Waals surface area (Å²) < 4.78 is 0. The molecule has 0 N–H and O–H groups in total. The minimum absolute atomic E-state index is 0. The van der Waals surface area contributed by atoms with Gasteiger partial charge in [0.05, 0.1) is 5.92 Å². The van der Waals surface area contributed by atoms with E-state index >= 15 is 0 Å². The van der Waals surface area contributed by atoms with E-state index in [-0.39, 0.29) is 38.8 Å². The van der Waals surface area contributed by atoms with Crippen molar-refractivity contribution in [1.29, 1.82) is 0 Å². The smallest absolute Gasteiger partial charge is 0.230 e. The van der Waals surface area contributed by atoms with Crippen molar-refractivity contribution < 1.29 is 37.5 Å². The van der Waals surface area contributed by atoms with Crippen LogP contribution in [-0.4, -0.2) is 11.8 Å². The molecule has 1 aromatic heterocycles. The standard InChI is InChI=1S/C27H34NOS.Y/c1-5-6-12-25(29)27(2,3)22-16-13-21(14-17-22)26-20(15-18-24(26)28-4)9-7-10-23-11-8-19-30-23;/h8,11,13-14,16-17,20,24,26H,5-7,9-10,12,15,18H2,1-3H3;/q-1;. The Bertz CT molecular complexity index is 850. The van der Waals surface area contributed by atoms with Crippen molar-refractivity contribution in [3.05, 3.63) is 69.2 Å². The third-order valence-electron chi connectivity index (χ3n) is 6.92. The Kier molecular flexibility index (Phi) is 10.6. The van der Waals surface area contributed by atoms with E-state index in [1.807, 2.05) is 19.9 Å². The molecular weight excluding hydrogens is 475 g/mol. The number of ketones is 1. The molecule has 1 fully saturated rings. The number of rotatable bonds is 10. The first-order valence-electron chi connectivity index (χ1n) is 11.4. The largest absolute Gasteiger partial charge is 0.313 e. The van der Waals surface area contributed by atoms with Crippen molar-refractivity contribution in [2.75, 3.05) is 0 Å². The van der Waals surface area contributed by atoms with E-state index in [1.165, 1.54) is 23.3 Å². The fraction of sp³-hybridized carbons (Fsp3) is 0.556. The molecule has 1 aliphatic rings. The third-order valence-corrected chi connectivity index (χ3v) is 7.77. The van der Waals surface area contributed by atoms with Crippen molar-refractivity contribution in [2.45, 2.75) is 89.5 Å². The number of nitrogens with zero attached hydrogens (tertiary/aromatic N) is 1. The van der Waals surface area contributed by atoms with E-state index in [0.717, 1.165) is 37.7 Å². The maximum Gasteiger partial charge on any atom is 0.230 e. The minimum atomic E-state index is -0.445. The average Bonchev–Trinajstić information content (AvgIpc) is 3.41. The number of aryl methyl sites for hydroxylation is 1. The van der Waals surface area contributed by atoms with Crippen molar-refractivity contribution in [1.82, 2.24) is 0 Å². The first-order valence-corrected chi connectivity index (χ1v) is 12.2. The molecule has 0 bridgehead atoms. The van der Waals surface area contributed by atoms with Crippen molar-refractivity contribution in [2.24, 2.45) is 5.92 Å². The van der Waals surface area contributed by atoms with E-state index in [0.29, 0.717) is 24.0 Å². The summed E-state index contributed by atoms with van der Waals surface area (Å²) in [5.41, 5.74) is 1.93. The molecule has 1 heterocycles. The fourth-order valence-corrected chi connectivity index (χ4v) is 5.57. The van der Waals surface area contributed by atoms with Gasteiger partial charge in [0.2, 0.25) is 6.04 Å². The zero-order valence-electron chi connectivity index (χ0n) is 19.2. The Morgan fingerprint density at radius 2 is 1.94 bits per heavy atom. The molecule has 1 saturated carbocycles. The summed E-state index contributed by atoms with van der Waals surface area (Å²) in [4.78, 5) is 18.1. The number of Topliss-reactive ketones (excluding diaryl/α,β-unsaturated/α-hetero) is 1.